The van der Waals surface area contributed by atoms with E-state index in [9.17, 15) is 4.79 Å². The SMILES string of the molecule is CC(=O)O[SiH2][SiH3]. The molecular formula is C2H8O2Si2. The molecule has 0 aromatic rings. The predicted molar refractivity (Wildman–Crippen MR) is 30.2 cm³/mol. The van der Waals surface area contributed by atoms with Crippen LogP contribution < -0.4 is 0 Å². The molecule has 0 N–H and O–H groups in total. The van der Waals surface area contributed by atoms with Gasteiger partial charge in [-0.25, -0.2) is 0 Å². The van der Waals surface area contributed by atoms with Crippen LogP contribution in [0.2, 0.25) is 0 Å². The van der Waals surface area contributed by atoms with E-state index in [4.69, 9.17) is 0 Å². The summed E-state index contributed by atoms with van der Waals surface area (Å²) in [4.78, 5) is 9.88. The minimum absolute atomic E-state index is 0.114. The zero-order chi connectivity index (χ0) is 4.99. The molecule has 0 fully saturated rings. The molecule has 0 aliphatic carbocycles. The van der Waals surface area contributed by atoms with Gasteiger partial charge in [-0.1, -0.05) is 0 Å². The molecule has 0 bridgehead atoms. The first kappa shape index (κ1) is 5.90. The molecule has 0 saturated carbocycles. The van der Waals surface area contributed by atoms with Crippen LogP contribution in [0.3, 0.4) is 0 Å². The van der Waals surface area contributed by atoms with Gasteiger partial charge in [0.1, 0.15) is 0 Å². The average molecular weight is 120 g/mol. The van der Waals surface area contributed by atoms with Crippen LogP contribution in [0, 0.1) is 0 Å². The summed E-state index contributed by atoms with van der Waals surface area (Å²) in [6, 6.07) is 0. The van der Waals surface area contributed by atoms with E-state index in [0.717, 1.165) is 9.76 Å². The number of carbonyl (C=O) groups excluding carboxylic acids is 1. The van der Waals surface area contributed by atoms with E-state index in [2.05, 4.69) is 4.43 Å². The minimum atomic E-state index is -0.344. The van der Waals surface area contributed by atoms with E-state index in [1.54, 1.807) is 0 Å². The van der Waals surface area contributed by atoms with E-state index >= 15 is 0 Å². The number of carbonyl (C=O) groups is 1. The number of hydrogen-bond acceptors (Lipinski definition) is 2. The van der Waals surface area contributed by atoms with Gasteiger partial charge in [0.15, 0.2) is 9.28 Å². The second-order valence-electron chi connectivity index (χ2n) is 0.925. The summed E-state index contributed by atoms with van der Waals surface area (Å²) in [6.07, 6.45) is 0. The van der Waals surface area contributed by atoms with Gasteiger partial charge in [-0.15, -0.1) is 0 Å². The van der Waals surface area contributed by atoms with Crippen LogP contribution in [-0.4, -0.2) is 25.0 Å². The quantitative estimate of drug-likeness (QED) is 0.371. The molecule has 6 heavy (non-hydrogen) atoms. The molecule has 0 amide bonds. The first-order valence-electron chi connectivity index (χ1n) is 1.90. The average Bonchev–Trinajstić information content (AvgIpc) is 1.35. The molecule has 0 aromatic heterocycles. The summed E-state index contributed by atoms with van der Waals surface area (Å²) in [7, 11) is 0.739. The molecule has 0 unspecified atom stereocenters. The van der Waals surface area contributed by atoms with Gasteiger partial charge in [-0.2, -0.15) is 0 Å². The Bertz CT molecular complexity index is 53.5. The lowest BCUT2D eigenvalue weighted by atomic mass is 10.9. The standard InChI is InChI=1S/C2H8O2Si2/c1-2(3)4-6-5/h6H2,1,5H3. The van der Waals surface area contributed by atoms with Crippen molar-refractivity contribution in [3.05, 3.63) is 0 Å². The molecular weight excluding hydrogens is 112 g/mol. The largest absolute Gasteiger partial charge is 0.530 e. The molecule has 0 atom stereocenters. The Balaban J connectivity index is 2.83. The van der Waals surface area contributed by atoms with Crippen molar-refractivity contribution in [2.75, 3.05) is 0 Å². The van der Waals surface area contributed by atoms with Gasteiger partial charge in [0.25, 0.3) is 5.97 Å². The van der Waals surface area contributed by atoms with Gasteiger partial charge in [0, 0.05) is 16.7 Å². The molecule has 0 radical (unpaired) electrons. The Kier molecular flexibility index (Phi) is 3.06. The second kappa shape index (κ2) is 3.11. The van der Waals surface area contributed by atoms with Crippen LogP contribution in [0.15, 0.2) is 0 Å². The molecule has 0 spiro atoms. The Morgan fingerprint density at radius 3 is 2.50 bits per heavy atom. The molecule has 0 saturated heterocycles. The predicted octanol–water partition coefficient (Wildman–Crippen LogP) is -2.09. The summed E-state index contributed by atoms with van der Waals surface area (Å²) in [5.74, 6) is -0.114. The maximum atomic E-state index is 9.88. The summed E-state index contributed by atoms with van der Waals surface area (Å²) in [5, 5.41) is 0. The highest BCUT2D eigenvalue weighted by molar-refractivity contribution is 6.86. The lowest BCUT2D eigenvalue weighted by Crippen LogP contribution is -2.02. The van der Waals surface area contributed by atoms with Crippen molar-refractivity contribution in [3.63, 3.8) is 0 Å². The second-order valence-corrected chi connectivity index (χ2v) is 3.52. The topological polar surface area (TPSA) is 26.3 Å². The van der Waals surface area contributed by atoms with Crippen molar-refractivity contribution in [2.45, 2.75) is 6.92 Å². The Hall–Kier alpha value is -0.0962. The molecule has 0 rings (SSSR count). The van der Waals surface area contributed by atoms with Crippen molar-refractivity contribution < 1.29 is 9.22 Å². The highest BCUT2D eigenvalue weighted by atomic mass is 29.1. The first-order valence-corrected chi connectivity index (χ1v) is 8.14. The monoisotopic (exact) mass is 120 g/mol. The zero-order valence-electron chi connectivity index (χ0n) is 4.02. The van der Waals surface area contributed by atoms with E-state index in [-0.39, 0.29) is 15.2 Å². The summed E-state index contributed by atoms with van der Waals surface area (Å²) < 4.78 is 4.60. The van der Waals surface area contributed by atoms with Crippen LogP contribution in [0.5, 0.6) is 0 Å². The first-order chi connectivity index (χ1) is 2.77. The van der Waals surface area contributed by atoms with Crippen LogP contribution in [-0.2, 0) is 9.22 Å². The lowest BCUT2D eigenvalue weighted by molar-refractivity contribution is -0.131. The van der Waals surface area contributed by atoms with Crippen LogP contribution in [0.4, 0.5) is 0 Å². The lowest BCUT2D eigenvalue weighted by Gasteiger charge is -1.90. The van der Waals surface area contributed by atoms with Crippen molar-refractivity contribution in [1.29, 1.82) is 0 Å². The highest BCUT2D eigenvalue weighted by Crippen LogP contribution is 1.64. The fraction of sp³-hybridized carbons (Fsp3) is 0.500. The maximum Gasteiger partial charge on any atom is 0.288 e. The van der Waals surface area contributed by atoms with Gasteiger partial charge in [0.2, 0.25) is 0 Å². The van der Waals surface area contributed by atoms with Gasteiger partial charge >= 0.3 is 0 Å². The summed E-state index contributed by atoms with van der Waals surface area (Å²) in [6.45, 7) is 1.45. The van der Waals surface area contributed by atoms with Gasteiger partial charge in [-0.3, -0.25) is 4.79 Å². The molecule has 0 aliphatic heterocycles. The smallest absolute Gasteiger partial charge is 0.288 e. The van der Waals surface area contributed by atoms with Crippen LogP contribution >= 0.6 is 0 Å². The van der Waals surface area contributed by atoms with Crippen molar-refractivity contribution in [3.8, 4) is 0 Å². The normalized spacial score (nSPS) is 10.2. The van der Waals surface area contributed by atoms with Crippen LogP contribution in [0.25, 0.3) is 0 Å². The Morgan fingerprint density at radius 2 is 2.50 bits per heavy atom. The van der Waals surface area contributed by atoms with Crippen molar-refractivity contribution in [1.82, 2.24) is 0 Å². The number of rotatable bonds is 1. The molecule has 0 heterocycles. The third-order valence-corrected chi connectivity index (χ3v) is 1.91. The highest BCUT2D eigenvalue weighted by Gasteiger charge is 1.81. The molecule has 2 nitrogen and oxygen atoms in total. The van der Waals surface area contributed by atoms with E-state index in [1.165, 1.54) is 6.92 Å². The fourth-order valence-corrected chi connectivity index (χ4v) is 1.83. The third-order valence-electron chi connectivity index (χ3n) is 0.348. The minimum Gasteiger partial charge on any atom is -0.530 e. The molecule has 0 aromatic carbocycles. The Morgan fingerprint density at radius 1 is 2.00 bits per heavy atom. The fourth-order valence-electron chi connectivity index (χ4n) is 0.203. The molecule has 0 aliphatic rings. The Labute approximate surface area is 42.0 Å². The van der Waals surface area contributed by atoms with Gasteiger partial charge in [-0.05, 0) is 0 Å². The summed E-state index contributed by atoms with van der Waals surface area (Å²) >= 11 is 0. The molecule has 4 heteroatoms. The molecule has 36 valence electrons. The van der Waals surface area contributed by atoms with Gasteiger partial charge in [0.05, 0.1) is 0 Å². The van der Waals surface area contributed by atoms with Crippen LogP contribution in [0.1, 0.15) is 6.92 Å². The number of hydrogen-bond donors (Lipinski definition) is 0. The van der Waals surface area contributed by atoms with E-state index in [0.29, 0.717) is 0 Å². The third kappa shape index (κ3) is 3.90. The zero-order valence-corrected chi connectivity index (χ0v) is 7.44. The van der Waals surface area contributed by atoms with Gasteiger partial charge < -0.3 is 4.43 Å². The van der Waals surface area contributed by atoms with E-state index in [1.807, 2.05) is 0 Å². The maximum absolute atomic E-state index is 9.88. The van der Waals surface area contributed by atoms with E-state index < -0.39 is 0 Å². The summed E-state index contributed by atoms with van der Waals surface area (Å²) in [5.41, 5.74) is 0. The van der Waals surface area contributed by atoms with Crippen molar-refractivity contribution in [2.24, 2.45) is 0 Å². The van der Waals surface area contributed by atoms with Crippen molar-refractivity contribution >= 4 is 25.0 Å².